The standard InChI is InChI=1S/C27H32N2O5S2/c30-17-20(31)12-6-1-2-7-15-25(32)29-26-33-21(16-23(34-26)19-10-4-3-5-11-19)18-35-27-28-22-13-8-9-14-24(22)36-27/h3-5,8-11,13-14,21,23,26,30H,1-2,6-7,12,15-18H2,(H,29,32). The van der Waals surface area contributed by atoms with Crippen LogP contribution in [0.1, 0.15) is 56.6 Å². The zero-order valence-corrected chi connectivity index (χ0v) is 21.8. The summed E-state index contributed by atoms with van der Waals surface area (Å²) in [5.41, 5.74) is 2.07. The molecule has 1 aliphatic heterocycles. The number of nitrogens with zero attached hydrogens (tertiary/aromatic N) is 1. The molecule has 192 valence electrons. The molecule has 3 unspecified atom stereocenters. The maximum atomic E-state index is 12.6. The van der Waals surface area contributed by atoms with Crippen molar-refractivity contribution in [2.24, 2.45) is 0 Å². The van der Waals surface area contributed by atoms with Crippen LogP contribution in [0.2, 0.25) is 0 Å². The molecule has 1 fully saturated rings. The number of nitrogens with one attached hydrogen (secondary N) is 1. The van der Waals surface area contributed by atoms with Crippen molar-refractivity contribution >= 4 is 45.0 Å². The zero-order chi connectivity index (χ0) is 25.2. The monoisotopic (exact) mass is 528 g/mol. The minimum Gasteiger partial charge on any atom is -0.389 e. The Morgan fingerprint density at radius 3 is 2.53 bits per heavy atom. The van der Waals surface area contributed by atoms with Crippen molar-refractivity contribution in [3.05, 3.63) is 60.2 Å². The topological polar surface area (TPSA) is 97.8 Å². The lowest BCUT2D eigenvalue weighted by molar-refractivity contribution is -0.251. The van der Waals surface area contributed by atoms with Crippen LogP contribution in [-0.2, 0) is 19.1 Å². The normalized spacial score (nSPS) is 19.9. The van der Waals surface area contributed by atoms with Crippen molar-refractivity contribution in [2.75, 3.05) is 12.4 Å². The van der Waals surface area contributed by atoms with Crippen molar-refractivity contribution in [3.63, 3.8) is 0 Å². The molecule has 36 heavy (non-hydrogen) atoms. The fourth-order valence-electron chi connectivity index (χ4n) is 4.08. The van der Waals surface area contributed by atoms with Crippen LogP contribution >= 0.6 is 23.1 Å². The Bertz CT molecular complexity index is 1090. The number of hydrogen-bond acceptors (Lipinski definition) is 8. The molecule has 9 heteroatoms. The second-order valence-electron chi connectivity index (χ2n) is 8.80. The Labute approximate surface area is 219 Å². The average Bonchev–Trinajstić information content (AvgIpc) is 3.33. The Morgan fingerprint density at radius 2 is 1.75 bits per heavy atom. The van der Waals surface area contributed by atoms with Gasteiger partial charge < -0.3 is 19.9 Å². The van der Waals surface area contributed by atoms with Gasteiger partial charge >= 0.3 is 0 Å². The summed E-state index contributed by atoms with van der Waals surface area (Å²) in [4.78, 5) is 28.4. The molecular weight excluding hydrogens is 496 g/mol. The van der Waals surface area contributed by atoms with Gasteiger partial charge in [-0.1, -0.05) is 67.1 Å². The molecule has 1 aromatic heterocycles. The molecule has 1 aliphatic rings. The van der Waals surface area contributed by atoms with E-state index in [2.05, 4.69) is 11.4 Å². The SMILES string of the molecule is O=C(CO)CCCCCCC(=O)NC1OC(CSc2nc3ccccc3s2)CC(c2ccccc2)O1. The summed E-state index contributed by atoms with van der Waals surface area (Å²) in [6, 6.07) is 18.1. The minimum absolute atomic E-state index is 0.102. The number of para-hydroxylation sites is 1. The molecule has 1 saturated heterocycles. The van der Waals surface area contributed by atoms with Crippen molar-refractivity contribution in [2.45, 2.75) is 67.9 Å². The second kappa shape index (κ2) is 13.9. The number of carbonyl (C=O) groups excluding carboxylic acids is 2. The number of thioether (sulfide) groups is 1. The third-order valence-corrected chi connectivity index (χ3v) is 8.30. The molecule has 0 spiro atoms. The van der Waals surface area contributed by atoms with E-state index in [0.717, 1.165) is 41.1 Å². The van der Waals surface area contributed by atoms with Crippen LogP contribution in [0.3, 0.4) is 0 Å². The van der Waals surface area contributed by atoms with E-state index < -0.39 is 13.0 Å². The number of Topliss-reactive ketones (excluding diaryl/α,β-unsaturated/α-hetero) is 1. The smallest absolute Gasteiger partial charge is 0.240 e. The van der Waals surface area contributed by atoms with Crippen LogP contribution in [-0.4, -0.2) is 46.7 Å². The molecule has 2 N–H and O–H groups in total. The number of fused-ring (bicyclic) bond motifs is 1. The van der Waals surface area contributed by atoms with E-state index in [4.69, 9.17) is 19.6 Å². The molecule has 0 radical (unpaired) electrons. The number of ether oxygens (including phenoxy) is 2. The molecule has 1 amide bonds. The zero-order valence-electron chi connectivity index (χ0n) is 20.1. The molecular formula is C27H32N2O5S2. The number of rotatable bonds is 13. The maximum absolute atomic E-state index is 12.6. The molecule has 3 atom stereocenters. The lowest BCUT2D eigenvalue weighted by atomic mass is 10.0. The van der Waals surface area contributed by atoms with Gasteiger partial charge in [0.05, 0.1) is 22.4 Å². The summed E-state index contributed by atoms with van der Waals surface area (Å²) < 4.78 is 14.4. The molecule has 7 nitrogen and oxygen atoms in total. The Balaban J connectivity index is 1.29. The number of ketones is 1. The van der Waals surface area contributed by atoms with E-state index >= 15 is 0 Å². The highest BCUT2D eigenvalue weighted by molar-refractivity contribution is 8.01. The molecule has 0 saturated carbocycles. The first kappa shape index (κ1) is 26.8. The minimum atomic E-state index is -0.806. The van der Waals surface area contributed by atoms with Crippen molar-refractivity contribution < 1.29 is 24.2 Å². The van der Waals surface area contributed by atoms with Crippen LogP contribution in [0, 0.1) is 0 Å². The van der Waals surface area contributed by atoms with Gasteiger partial charge in [-0.15, -0.1) is 11.3 Å². The molecule has 2 aromatic carbocycles. The Hall–Kier alpha value is -2.30. The molecule has 0 aliphatic carbocycles. The first-order valence-electron chi connectivity index (χ1n) is 12.4. The number of carbonyl (C=O) groups is 2. The van der Waals surface area contributed by atoms with Gasteiger partial charge in [-0.2, -0.15) is 0 Å². The van der Waals surface area contributed by atoms with Crippen LogP contribution < -0.4 is 5.32 Å². The van der Waals surface area contributed by atoms with E-state index in [1.54, 1.807) is 23.1 Å². The van der Waals surface area contributed by atoms with Crippen LogP contribution in [0.25, 0.3) is 10.2 Å². The third-order valence-electron chi connectivity index (χ3n) is 5.98. The number of thiazole rings is 1. The lowest BCUT2D eigenvalue weighted by Gasteiger charge is -2.36. The summed E-state index contributed by atoms with van der Waals surface area (Å²) in [6.07, 6.45) is 3.56. The van der Waals surface area contributed by atoms with Gasteiger partial charge in [0.15, 0.2) is 10.1 Å². The fourth-order valence-corrected chi connectivity index (χ4v) is 6.20. The predicted octanol–water partition coefficient (Wildman–Crippen LogP) is 5.24. The van der Waals surface area contributed by atoms with Crippen molar-refractivity contribution in [1.29, 1.82) is 0 Å². The number of amides is 1. The van der Waals surface area contributed by atoms with Crippen LogP contribution in [0.4, 0.5) is 0 Å². The largest absolute Gasteiger partial charge is 0.389 e. The number of aromatic nitrogens is 1. The highest BCUT2D eigenvalue weighted by atomic mass is 32.2. The van der Waals surface area contributed by atoms with E-state index in [0.29, 0.717) is 25.0 Å². The molecule has 0 bridgehead atoms. The number of unbranched alkanes of at least 4 members (excludes halogenated alkanes) is 3. The van der Waals surface area contributed by atoms with Gasteiger partial charge in [0.2, 0.25) is 12.3 Å². The lowest BCUT2D eigenvalue weighted by Crippen LogP contribution is -2.46. The second-order valence-corrected chi connectivity index (χ2v) is 11.1. The highest BCUT2D eigenvalue weighted by Crippen LogP contribution is 2.35. The summed E-state index contributed by atoms with van der Waals surface area (Å²) in [7, 11) is 0. The summed E-state index contributed by atoms with van der Waals surface area (Å²) >= 11 is 3.35. The van der Waals surface area contributed by atoms with E-state index in [1.807, 2.05) is 48.5 Å². The van der Waals surface area contributed by atoms with E-state index in [9.17, 15) is 9.59 Å². The summed E-state index contributed by atoms with van der Waals surface area (Å²) in [5, 5.41) is 11.7. The third kappa shape index (κ3) is 8.11. The van der Waals surface area contributed by atoms with Gasteiger partial charge in [0.1, 0.15) is 6.61 Å². The average molecular weight is 529 g/mol. The summed E-state index contributed by atoms with van der Waals surface area (Å²) in [5.74, 6) is 0.465. The molecule has 3 aromatic rings. The summed E-state index contributed by atoms with van der Waals surface area (Å²) in [6.45, 7) is -0.395. The van der Waals surface area contributed by atoms with Gasteiger partial charge in [-0.25, -0.2) is 4.98 Å². The van der Waals surface area contributed by atoms with E-state index in [1.165, 1.54) is 4.70 Å². The van der Waals surface area contributed by atoms with Crippen LogP contribution in [0.15, 0.2) is 58.9 Å². The van der Waals surface area contributed by atoms with Gasteiger partial charge in [-0.05, 0) is 30.5 Å². The quantitative estimate of drug-likeness (QED) is 0.231. The number of hydrogen-bond donors (Lipinski definition) is 2. The maximum Gasteiger partial charge on any atom is 0.240 e. The van der Waals surface area contributed by atoms with Crippen molar-refractivity contribution in [1.82, 2.24) is 10.3 Å². The number of aliphatic hydroxyl groups is 1. The number of aliphatic hydroxyl groups excluding tert-OH is 1. The first-order chi connectivity index (χ1) is 17.6. The number of benzene rings is 2. The van der Waals surface area contributed by atoms with Gasteiger partial charge in [-0.3, -0.25) is 9.59 Å². The molecule has 2 heterocycles. The van der Waals surface area contributed by atoms with Crippen molar-refractivity contribution in [3.8, 4) is 0 Å². The van der Waals surface area contributed by atoms with E-state index in [-0.39, 0.29) is 23.9 Å². The predicted molar refractivity (Wildman–Crippen MR) is 142 cm³/mol. The first-order valence-corrected chi connectivity index (χ1v) is 14.2. The van der Waals surface area contributed by atoms with Gasteiger partial charge in [0.25, 0.3) is 0 Å². The Morgan fingerprint density at radius 1 is 1.00 bits per heavy atom. The van der Waals surface area contributed by atoms with Gasteiger partial charge in [0, 0.05) is 25.0 Å². The van der Waals surface area contributed by atoms with Crippen LogP contribution in [0.5, 0.6) is 0 Å². The Kier molecular flexibility index (Phi) is 10.3. The fraction of sp³-hybridized carbons (Fsp3) is 0.444. The highest BCUT2D eigenvalue weighted by Gasteiger charge is 2.32. The molecule has 4 rings (SSSR count).